The Balaban J connectivity index is 3.01. The zero-order chi connectivity index (χ0) is 9.35. The summed E-state index contributed by atoms with van der Waals surface area (Å²) in [5, 5.41) is 0. The van der Waals surface area contributed by atoms with Crippen LogP contribution < -0.4 is 0 Å². The lowest BCUT2D eigenvalue weighted by atomic mass is 9.86. The molecule has 0 atom stereocenters. The second-order valence-electron chi connectivity index (χ2n) is 4.05. The first kappa shape index (κ1) is 9.04. The lowest BCUT2D eigenvalue weighted by Gasteiger charge is -2.15. The fourth-order valence-corrected chi connectivity index (χ4v) is 0.997. The molecule has 1 aromatic heterocycles. The molecule has 0 aliphatic rings. The minimum Gasteiger partial charge on any atom is -0.472 e. The average molecular weight is 166 g/mol. The van der Waals surface area contributed by atoms with Crippen molar-refractivity contribution in [1.82, 2.24) is 0 Å². The van der Waals surface area contributed by atoms with Gasteiger partial charge >= 0.3 is 0 Å². The van der Waals surface area contributed by atoms with E-state index in [2.05, 4.69) is 0 Å². The van der Waals surface area contributed by atoms with Gasteiger partial charge in [-0.3, -0.25) is 4.79 Å². The van der Waals surface area contributed by atoms with Crippen molar-refractivity contribution in [2.45, 2.75) is 27.7 Å². The van der Waals surface area contributed by atoms with E-state index in [1.807, 2.05) is 27.7 Å². The first-order valence-corrected chi connectivity index (χ1v) is 4.00. The van der Waals surface area contributed by atoms with Gasteiger partial charge in [0.2, 0.25) is 0 Å². The van der Waals surface area contributed by atoms with Gasteiger partial charge in [0.15, 0.2) is 5.78 Å². The summed E-state index contributed by atoms with van der Waals surface area (Å²) < 4.78 is 4.94. The Morgan fingerprint density at radius 1 is 1.33 bits per heavy atom. The first-order chi connectivity index (χ1) is 5.43. The van der Waals surface area contributed by atoms with Crippen LogP contribution in [0.2, 0.25) is 0 Å². The minimum atomic E-state index is -0.325. The highest BCUT2D eigenvalue weighted by Crippen LogP contribution is 2.23. The number of hydrogen-bond acceptors (Lipinski definition) is 2. The molecule has 2 nitrogen and oxygen atoms in total. The molecule has 0 spiro atoms. The standard InChI is InChI=1S/C10H14O2/c1-7-5-12-6-8(7)9(11)10(2,3)4/h5-6H,1-4H3. The molecule has 0 amide bonds. The van der Waals surface area contributed by atoms with Crippen LogP contribution in [0.4, 0.5) is 0 Å². The van der Waals surface area contributed by atoms with Crippen molar-refractivity contribution in [3.63, 3.8) is 0 Å². The fourth-order valence-electron chi connectivity index (χ4n) is 0.997. The predicted molar refractivity (Wildman–Crippen MR) is 47.2 cm³/mol. The molecule has 0 unspecified atom stereocenters. The molecule has 0 N–H and O–H groups in total. The zero-order valence-electron chi connectivity index (χ0n) is 7.97. The maximum Gasteiger partial charge on any atom is 0.171 e. The number of furan rings is 1. The number of rotatable bonds is 1. The molecule has 2 heteroatoms. The Hall–Kier alpha value is -1.05. The van der Waals surface area contributed by atoms with E-state index < -0.39 is 0 Å². The number of carbonyl (C=O) groups is 1. The van der Waals surface area contributed by atoms with Crippen molar-refractivity contribution in [3.05, 3.63) is 23.7 Å². The quantitative estimate of drug-likeness (QED) is 0.600. The topological polar surface area (TPSA) is 30.2 Å². The van der Waals surface area contributed by atoms with Gasteiger partial charge in [-0.05, 0) is 12.5 Å². The second-order valence-corrected chi connectivity index (χ2v) is 4.05. The van der Waals surface area contributed by atoms with Crippen molar-refractivity contribution in [2.75, 3.05) is 0 Å². The summed E-state index contributed by atoms with van der Waals surface area (Å²) in [6, 6.07) is 0. The van der Waals surface area contributed by atoms with Gasteiger partial charge in [0.05, 0.1) is 11.8 Å². The third kappa shape index (κ3) is 1.58. The van der Waals surface area contributed by atoms with Crippen molar-refractivity contribution >= 4 is 5.78 Å². The van der Waals surface area contributed by atoms with Gasteiger partial charge in [-0.15, -0.1) is 0 Å². The summed E-state index contributed by atoms with van der Waals surface area (Å²) in [5.41, 5.74) is 1.28. The molecule has 0 aromatic carbocycles. The van der Waals surface area contributed by atoms with E-state index in [4.69, 9.17) is 4.42 Å². The van der Waals surface area contributed by atoms with Gasteiger partial charge < -0.3 is 4.42 Å². The number of carbonyl (C=O) groups excluding carboxylic acids is 1. The summed E-state index contributed by atoms with van der Waals surface area (Å²) in [7, 11) is 0. The van der Waals surface area contributed by atoms with Gasteiger partial charge in [0, 0.05) is 5.41 Å². The third-order valence-electron chi connectivity index (χ3n) is 1.78. The predicted octanol–water partition coefficient (Wildman–Crippen LogP) is 2.82. The molecule has 0 fully saturated rings. The van der Waals surface area contributed by atoms with Crippen molar-refractivity contribution < 1.29 is 9.21 Å². The molecule has 0 bridgehead atoms. The Bertz CT molecular complexity index is 289. The van der Waals surface area contributed by atoms with E-state index in [9.17, 15) is 4.79 Å². The van der Waals surface area contributed by atoms with E-state index in [1.54, 1.807) is 6.26 Å². The normalized spacial score (nSPS) is 11.7. The SMILES string of the molecule is Cc1cocc1C(=O)C(C)(C)C. The Labute approximate surface area is 72.6 Å². The number of ketones is 1. The summed E-state index contributed by atoms with van der Waals surface area (Å²) in [4.78, 5) is 11.7. The van der Waals surface area contributed by atoms with Gasteiger partial charge in [0.1, 0.15) is 6.26 Å². The van der Waals surface area contributed by atoms with Crippen LogP contribution in [-0.2, 0) is 0 Å². The summed E-state index contributed by atoms with van der Waals surface area (Å²) >= 11 is 0. The van der Waals surface area contributed by atoms with Crippen molar-refractivity contribution in [2.24, 2.45) is 5.41 Å². The molecule has 0 saturated heterocycles. The highest BCUT2D eigenvalue weighted by atomic mass is 16.3. The molecule has 66 valence electrons. The molecule has 0 aliphatic carbocycles. The van der Waals surface area contributed by atoms with Gasteiger partial charge in [0.25, 0.3) is 0 Å². The van der Waals surface area contributed by atoms with Gasteiger partial charge in [-0.2, -0.15) is 0 Å². The van der Waals surface area contributed by atoms with Crippen LogP contribution in [0.15, 0.2) is 16.9 Å². The highest BCUT2D eigenvalue weighted by Gasteiger charge is 2.24. The second kappa shape index (κ2) is 2.77. The Kier molecular flexibility index (Phi) is 2.09. The minimum absolute atomic E-state index is 0.133. The van der Waals surface area contributed by atoms with Gasteiger partial charge in [-0.1, -0.05) is 20.8 Å². The molecule has 1 rings (SSSR count). The number of aryl methyl sites for hydroxylation is 1. The molecule has 0 aliphatic heterocycles. The van der Waals surface area contributed by atoms with E-state index in [-0.39, 0.29) is 11.2 Å². The van der Waals surface area contributed by atoms with E-state index in [1.165, 1.54) is 6.26 Å². The largest absolute Gasteiger partial charge is 0.472 e. The van der Waals surface area contributed by atoms with Crippen LogP contribution in [0.5, 0.6) is 0 Å². The molecular formula is C10H14O2. The lowest BCUT2D eigenvalue weighted by molar-refractivity contribution is 0.0857. The lowest BCUT2D eigenvalue weighted by Crippen LogP contribution is -2.20. The van der Waals surface area contributed by atoms with Crippen LogP contribution in [0.3, 0.4) is 0 Å². The number of hydrogen-bond donors (Lipinski definition) is 0. The van der Waals surface area contributed by atoms with E-state index >= 15 is 0 Å². The van der Waals surface area contributed by atoms with E-state index in [0.717, 1.165) is 5.56 Å². The van der Waals surface area contributed by atoms with Crippen LogP contribution >= 0.6 is 0 Å². The Morgan fingerprint density at radius 3 is 2.25 bits per heavy atom. The molecule has 12 heavy (non-hydrogen) atoms. The first-order valence-electron chi connectivity index (χ1n) is 4.00. The van der Waals surface area contributed by atoms with Crippen molar-refractivity contribution in [1.29, 1.82) is 0 Å². The Morgan fingerprint density at radius 2 is 1.92 bits per heavy atom. The molecular weight excluding hydrogens is 152 g/mol. The monoisotopic (exact) mass is 166 g/mol. The highest BCUT2D eigenvalue weighted by molar-refractivity contribution is 6.00. The molecule has 1 aromatic rings. The smallest absolute Gasteiger partial charge is 0.171 e. The number of Topliss-reactive ketones (excluding diaryl/α,β-unsaturated/α-hetero) is 1. The maximum atomic E-state index is 11.7. The van der Waals surface area contributed by atoms with Crippen LogP contribution in [-0.4, -0.2) is 5.78 Å². The summed E-state index contributed by atoms with van der Waals surface area (Å²) in [6.45, 7) is 7.59. The molecule has 0 radical (unpaired) electrons. The van der Waals surface area contributed by atoms with Gasteiger partial charge in [-0.25, -0.2) is 0 Å². The zero-order valence-corrected chi connectivity index (χ0v) is 7.97. The summed E-state index contributed by atoms with van der Waals surface area (Å²) in [6.07, 6.45) is 3.11. The van der Waals surface area contributed by atoms with Crippen molar-refractivity contribution in [3.8, 4) is 0 Å². The van der Waals surface area contributed by atoms with Crippen LogP contribution in [0, 0.1) is 12.3 Å². The molecule has 0 saturated carbocycles. The molecule has 1 heterocycles. The average Bonchev–Trinajstić information content (AvgIpc) is 2.31. The third-order valence-corrected chi connectivity index (χ3v) is 1.78. The fraction of sp³-hybridized carbons (Fsp3) is 0.500. The summed E-state index contributed by atoms with van der Waals surface area (Å²) in [5.74, 6) is 0.133. The van der Waals surface area contributed by atoms with E-state index in [0.29, 0.717) is 5.56 Å². The maximum absolute atomic E-state index is 11.7. The van der Waals surface area contributed by atoms with Crippen LogP contribution in [0.25, 0.3) is 0 Å². The van der Waals surface area contributed by atoms with Crippen LogP contribution in [0.1, 0.15) is 36.7 Å².